The van der Waals surface area contributed by atoms with Gasteiger partial charge in [-0.1, -0.05) is 30.3 Å². The summed E-state index contributed by atoms with van der Waals surface area (Å²) in [7, 11) is 1.56. The molecule has 0 saturated heterocycles. The lowest BCUT2D eigenvalue weighted by Crippen LogP contribution is -2.36. The molecule has 2 aromatic rings. The first-order valence-electron chi connectivity index (χ1n) is 7.14. The molecule has 0 aromatic heterocycles. The molecule has 0 bridgehead atoms. The summed E-state index contributed by atoms with van der Waals surface area (Å²) in [6, 6.07) is 12.9. The fourth-order valence-electron chi connectivity index (χ4n) is 2.49. The molecule has 22 heavy (non-hydrogen) atoms. The van der Waals surface area contributed by atoms with Gasteiger partial charge in [-0.05, 0) is 5.56 Å². The van der Waals surface area contributed by atoms with Gasteiger partial charge in [0.05, 0.1) is 18.7 Å². The summed E-state index contributed by atoms with van der Waals surface area (Å²) in [6.07, 6.45) is -0.738. The second kappa shape index (κ2) is 6.25. The van der Waals surface area contributed by atoms with Crippen molar-refractivity contribution in [2.24, 2.45) is 5.73 Å². The molecular formula is C17H19NO4. The normalized spacial score (nSPS) is 20.0. The van der Waals surface area contributed by atoms with Crippen LogP contribution < -0.4 is 19.9 Å². The second-order valence-electron chi connectivity index (χ2n) is 5.22. The highest BCUT2D eigenvalue weighted by molar-refractivity contribution is 5.53. The van der Waals surface area contributed by atoms with E-state index in [0.717, 1.165) is 5.56 Å². The Morgan fingerprint density at radius 3 is 2.77 bits per heavy atom. The number of rotatable bonds is 4. The topological polar surface area (TPSA) is 73.9 Å². The lowest BCUT2D eigenvalue weighted by Gasteiger charge is -2.29. The Kier molecular flexibility index (Phi) is 4.18. The standard InChI is InChI=1S/C17H19NO4/c1-20-14-7-12(21-9-11-5-3-2-4-6-11)8-15-16(14)17(18)13(19)10-22-15/h2-8,13,17,19H,9-10,18H2,1H3/t13-,17-/m0/s1. The van der Waals surface area contributed by atoms with E-state index in [1.807, 2.05) is 30.3 Å². The van der Waals surface area contributed by atoms with Crippen LogP contribution in [-0.4, -0.2) is 24.9 Å². The van der Waals surface area contributed by atoms with E-state index in [1.54, 1.807) is 19.2 Å². The van der Waals surface area contributed by atoms with E-state index in [1.165, 1.54) is 0 Å². The number of fused-ring (bicyclic) bond motifs is 1. The molecule has 5 nitrogen and oxygen atoms in total. The van der Waals surface area contributed by atoms with Gasteiger partial charge in [-0.25, -0.2) is 0 Å². The van der Waals surface area contributed by atoms with E-state index in [-0.39, 0.29) is 6.61 Å². The SMILES string of the molecule is COc1cc(OCc2ccccc2)cc2c1[C@@H](N)[C@@H](O)CO2. The number of methoxy groups -OCH3 is 1. The summed E-state index contributed by atoms with van der Waals surface area (Å²) in [5, 5.41) is 9.83. The van der Waals surface area contributed by atoms with Crippen molar-refractivity contribution >= 4 is 0 Å². The maximum absolute atomic E-state index is 9.83. The van der Waals surface area contributed by atoms with Gasteiger partial charge in [0.15, 0.2) is 0 Å². The summed E-state index contributed by atoms with van der Waals surface area (Å²) in [5.41, 5.74) is 7.78. The van der Waals surface area contributed by atoms with Crippen molar-refractivity contribution in [1.29, 1.82) is 0 Å². The van der Waals surface area contributed by atoms with E-state index in [2.05, 4.69) is 0 Å². The van der Waals surface area contributed by atoms with Crippen LogP contribution in [-0.2, 0) is 6.61 Å². The third-order valence-corrected chi connectivity index (χ3v) is 3.70. The first-order chi connectivity index (χ1) is 10.7. The maximum atomic E-state index is 9.83. The molecule has 0 unspecified atom stereocenters. The summed E-state index contributed by atoms with van der Waals surface area (Å²) in [6.45, 7) is 0.622. The smallest absolute Gasteiger partial charge is 0.131 e. The molecule has 0 aliphatic carbocycles. The van der Waals surface area contributed by atoms with Crippen molar-refractivity contribution < 1.29 is 19.3 Å². The minimum atomic E-state index is -0.738. The van der Waals surface area contributed by atoms with Gasteiger partial charge < -0.3 is 25.1 Å². The largest absolute Gasteiger partial charge is 0.496 e. The van der Waals surface area contributed by atoms with Crippen LogP contribution in [0.1, 0.15) is 17.2 Å². The van der Waals surface area contributed by atoms with Gasteiger partial charge in [0.1, 0.15) is 36.6 Å². The highest BCUT2D eigenvalue weighted by Gasteiger charge is 2.30. The summed E-state index contributed by atoms with van der Waals surface area (Å²) in [5.74, 6) is 1.80. The number of aliphatic hydroxyl groups excluding tert-OH is 1. The average Bonchev–Trinajstić information content (AvgIpc) is 2.56. The highest BCUT2D eigenvalue weighted by atomic mass is 16.5. The van der Waals surface area contributed by atoms with Crippen molar-refractivity contribution in [2.45, 2.75) is 18.8 Å². The Balaban J connectivity index is 1.85. The van der Waals surface area contributed by atoms with E-state index < -0.39 is 12.1 Å². The van der Waals surface area contributed by atoms with Crippen LogP contribution in [0, 0.1) is 0 Å². The third-order valence-electron chi connectivity index (χ3n) is 3.70. The number of benzene rings is 2. The van der Waals surface area contributed by atoms with Crippen LogP contribution in [0.3, 0.4) is 0 Å². The number of aliphatic hydroxyl groups is 1. The molecule has 0 spiro atoms. The summed E-state index contributed by atoms with van der Waals surface area (Å²) >= 11 is 0. The maximum Gasteiger partial charge on any atom is 0.131 e. The lowest BCUT2D eigenvalue weighted by atomic mass is 9.98. The summed E-state index contributed by atoms with van der Waals surface area (Å²) in [4.78, 5) is 0. The molecule has 1 heterocycles. The Labute approximate surface area is 129 Å². The van der Waals surface area contributed by atoms with Crippen LogP contribution in [0.15, 0.2) is 42.5 Å². The zero-order chi connectivity index (χ0) is 15.5. The molecule has 2 aromatic carbocycles. The second-order valence-corrected chi connectivity index (χ2v) is 5.22. The van der Waals surface area contributed by atoms with Gasteiger partial charge in [-0.2, -0.15) is 0 Å². The Morgan fingerprint density at radius 2 is 2.05 bits per heavy atom. The van der Waals surface area contributed by atoms with Crippen LogP contribution in [0.25, 0.3) is 0 Å². The molecule has 116 valence electrons. The number of ether oxygens (including phenoxy) is 3. The zero-order valence-electron chi connectivity index (χ0n) is 12.4. The van der Waals surface area contributed by atoms with Gasteiger partial charge in [-0.3, -0.25) is 0 Å². The quantitative estimate of drug-likeness (QED) is 0.904. The predicted octanol–water partition coefficient (Wildman–Crippen LogP) is 2.03. The van der Waals surface area contributed by atoms with Crippen molar-refractivity contribution in [2.75, 3.05) is 13.7 Å². The first-order valence-corrected chi connectivity index (χ1v) is 7.14. The van der Waals surface area contributed by atoms with Crippen LogP contribution in [0.5, 0.6) is 17.2 Å². The minimum absolute atomic E-state index is 0.166. The van der Waals surface area contributed by atoms with Crippen LogP contribution in [0.2, 0.25) is 0 Å². The van der Waals surface area contributed by atoms with E-state index in [0.29, 0.717) is 29.4 Å². The molecule has 1 aliphatic heterocycles. The van der Waals surface area contributed by atoms with Crippen molar-refractivity contribution in [3.63, 3.8) is 0 Å². The molecule has 0 amide bonds. The van der Waals surface area contributed by atoms with Gasteiger partial charge in [0.2, 0.25) is 0 Å². The number of hydrogen-bond acceptors (Lipinski definition) is 5. The Hall–Kier alpha value is -2.24. The average molecular weight is 301 g/mol. The summed E-state index contributed by atoms with van der Waals surface area (Å²) < 4.78 is 16.7. The molecule has 3 N–H and O–H groups in total. The molecule has 2 atom stereocenters. The van der Waals surface area contributed by atoms with Gasteiger partial charge in [-0.15, -0.1) is 0 Å². The highest BCUT2D eigenvalue weighted by Crippen LogP contribution is 2.41. The van der Waals surface area contributed by atoms with Gasteiger partial charge in [0.25, 0.3) is 0 Å². The molecular weight excluding hydrogens is 282 g/mol. The van der Waals surface area contributed by atoms with Crippen molar-refractivity contribution in [3.8, 4) is 17.2 Å². The van der Waals surface area contributed by atoms with Crippen LogP contribution in [0.4, 0.5) is 0 Å². The fourth-order valence-corrected chi connectivity index (χ4v) is 2.49. The Morgan fingerprint density at radius 1 is 1.27 bits per heavy atom. The molecule has 0 saturated carbocycles. The molecule has 0 fully saturated rings. The minimum Gasteiger partial charge on any atom is -0.496 e. The fraction of sp³-hybridized carbons (Fsp3) is 0.294. The molecule has 1 aliphatic rings. The Bertz CT molecular complexity index is 627. The third kappa shape index (κ3) is 2.86. The molecule has 0 radical (unpaired) electrons. The number of hydrogen-bond donors (Lipinski definition) is 2. The van der Waals surface area contributed by atoms with Crippen molar-refractivity contribution in [1.82, 2.24) is 0 Å². The molecule has 5 heteroatoms. The van der Waals surface area contributed by atoms with Crippen LogP contribution >= 0.6 is 0 Å². The van der Waals surface area contributed by atoms with Gasteiger partial charge >= 0.3 is 0 Å². The van der Waals surface area contributed by atoms with Gasteiger partial charge in [0, 0.05) is 12.1 Å². The van der Waals surface area contributed by atoms with E-state index in [4.69, 9.17) is 19.9 Å². The predicted molar refractivity (Wildman–Crippen MR) is 82.2 cm³/mol. The molecule has 3 rings (SSSR count). The van der Waals surface area contributed by atoms with E-state index in [9.17, 15) is 5.11 Å². The monoisotopic (exact) mass is 301 g/mol. The van der Waals surface area contributed by atoms with Crippen molar-refractivity contribution in [3.05, 3.63) is 53.6 Å². The first kappa shape index (κ1) is 14.7. The van der Waals surface area contributed by atoms with E-state index >= 15 is 0 Å². The lowest BCUT2D eigenvalue weighted by molar-refractivity contribution is 0.0661. The zero-order valence-corrected chi connectivity index (χ0v) is 12.4. The number of nitrogens with two attached hydrogens (primary N) is 1.